The predicted molar refractivity (Wildman–Crippen MR) is 106 cm³/mol. The number of carbonyl (C=O) groups is 1. The highest BCUT2D eigenvalue weighted by Gasteiger charge is 2.18. The van der Waals surface area contributed by atoms with Crippen LogP contribution in [0.4, 0.5) is 0 Å². The van der Waals surface area contributed by atoms with Crippen LogP contribution in [0.5, 0.6) is 5.75 Å². The second-order valence-electron chi connectivity index (χ2n) is 6.93. The lowest BCUT2D eigenvalue weighted by atomic mass is 10.0. The molecule has 1 saturated heterocycles. The minimum absolute atomic E-state index is 0.0599. The molecule has 1 heterocycles. The average molecular weight is 368 g/mol. The molecular formula is C22H28N2O3. The fraction of sp³-hybridized carbons (Fsp3) is 0.409. The van der Waals surface area contributed by atoms with E-state index < -0.39 is 0 Å². The van der Waals surface area contributed by atoms with Gasteiger partial charge in [-0.05, 0) is 49.2 Å². The number of hydrogen-bond acceptors (Lipinski definition) is 5. The number of nitrogens with one attached hydrogen (secondary N) is 1. The first kappa shape index (κ1) is 19.4. The van der Waals surface area contributed by atoms with E-state index in [2.05, 4.69) is 45.3 Å². The van der Waals surface area contributed by atoms with Crippen LogP contribution in [-0.2, 0) is 22.6 Å². The highest BCUT2D eigenvalue weighted by atomic mass is 16.6. The van der Waals surface area contributed by atoms with Crippen LogP contribution in [0.2, 0.25) is 0 Å². The zero-order valence-corrected chi connectivity index (χ0v) is 15.9. The number of carbonyl (C=O) groups excluding carboxylic acids is 1. The summed E-state index contributed by atoms with van der Waals surface area (Å²) in [7, 11) is 1.35. The maximum Gasteiger partial charge on any atom is 0.343 e. The largest absolute Gasteiger partial charge is 0.482 e. The van der Waals surface area contributed by atoms with Crippen molar-refractivity contribution < 1.29 is 14.3 Å². The minimum Gasteiger partial charge on any atom is -0.482 e. The fourth-order valence-electron chi connectivity index (χ4n) is 3.30. The second kappa shape index (κ2) is 10.1. The molecule has 0 saturated carbocycles. The number of hydrogen-bond donors (Lipinski definition) is 1. The number of ether oxygens (including phenoxy) is 2. The summed E-state index contributed by atoms with van der Waals surface area (Å²) in [6, 6.07) is 19.1. The van der Waals surface area contributed by atoms with Crippen molar-refractivity contribution in [1.29, 1.82) is 0 Å². The Morgan fingerprint density at radius 2 is 1.74 bits per heavy atom. The minimum atomic E-state index is -0.376. The van der Waals surface area contributed by atoms with Crippen LogP contribution >= 0.6 is 0 Å². The molecule has 0 unspecified atom stereocenters. The highest BCUT2D eigenvalue weighted by molar-refractivity contribution is 5.70. The van der Waals surface area contributed by atoms with Gasteiger partial charge in [0.05, 0.1) is 7.11 Å². The van der Waals surface area contributed by atoms with Gasteiger partial charge in [-0.3, -0.25) is 4.90 Å². The Labute approximate surface area is 161 Å². The predicted octanol–water partition coefficient (Wildman–Crippen LogP) is 2.99. The molecule has 3 rings (SSSR count). The molecule has 2 aromatic carbocycles. The summed E-state index contributed by atoms with van der Waals surface area (Å²) < 4.78 is 9.93. The molecule has 0 amide bonds. The molecular weight excluding hydrogens is 340 g/mol. The van der Waals surface area contributed by atoms with E-state index in [0.29, 0.717) is 11.8 Å². The molecule has 0 atom stereocenters. The molecule has 0 aromatic heterocycles. The van der Waals surface area contributed by atoms with Gasteiger partial charge in [0.15, 0.2) is 6.61 Å². The van der Waals surface area contributed by atoms with Crippen molar-refractivity contribution in [3.05, 3.63) is 65.7 Å². The van der Waals surface area contributed by atoms with Gasteiger partial charge >= 0.3 is 5.97 Å². The van der Waals surface area contributed by atoms with Gasteiger partial charge in [0, 0.05) is 19.1 Å². The van der Waals surface area contributed by atoms with E-state index in [1.807, 2.05) is 24.3 Å². The van der Waals surface area contributed by atoms with E-state index in [0.717, 1.165) is 26.2 Å². The first-order chi connectivity index (χ1) is 13.2. The summed E-state index contributed by atoms with van der Waals surface area (Å²) in [5.41, 5.74) is 2.60. The van der Waals surface area contributed by atoms with Gasteiger partial charge in [0.1, 0.15) is 5.75 Å². The Bertz CT molecular complexity index is 695. The maximum absolute atomic E-state index is 11.1. The summed E-state index contributed by atoms with van der Waals surface area (Å²) in [6.45, 7) is 4.09. The third-order valence-electron chi connectivity index (χ3n) is 4.94. The van der Waals surface area contributed by atoms with Crippen LogP contribution in [0.15, 0.2) is 54.6 Å². The van der Waals surface area contributed by atoms with Crippen molar-refractivity contribution in [3.8, 4) is 5.75 Å². The number of benzene rings is 2. The topological polar surface area (TPSA) is 50.8 Å². The maximum atomic E-state index is 11.1. The Morgan fingerprint density at radius 3 is 2.41 bits per heavy atom. The molecule has 0 aliphatic carbocycles. The zero-order chi connectivity index (χ0) is 18.9. The first-order valence-electron chi connectivity index (χ1n) is 9.51. The third kappa shape index (κ3) is 6.38. The summed E-state index contributed by atoms with van der Waals surface area (Å²) in [5.74, 6) is 0.303. The molecule has 1 N–H and O–H groups in total. The van der Waals surface area contributed by atoms with E-state index in [4.69, 9.17) is 4.74 Å². The van der Waals surface area contributed by atoms with Crippen LogP contribution < -0.4 is 10.1 Å². The Kier molecular flexibility index (Phi) is 7.25. The number of nitrogens with zero attached hydrogens (tertiary/aromatic N) is 1. The van der Waals surface area contributed by atoms with Gasteiger partial charge < -0.3 is 14.8 Å². The molecule has 144 valence electrons. The second-order valence-corrected chi connectivity index (χ2v) is 6.93. The van der Waals surface area contributed by atoms with E-state index in [1.165, 1.54) is 31.1 Å². The van der Waals surface area contributed by atoms with Crippen molar-refractivity contribution in [2.45, 2.75) is 32.0 Å². The molecule has 1 aliphatic heterocycles. The summed E-state index contributed by atoms with van der Waals surface area (Å²) >= 11 is 0. The fourth-order valence-corrected chi connectivity index (χ4v) is 3.30. The van der Waals surface area contributed by atoms with E-state index in [-0.39, 0.29) is 12.6 Å². The lowest BCUT2D eigenvalue weighted by Gasteiger charge is -2.32. The zero-order valence-electron chi connectivity index (χ0n) is 15.9. The summed E-state index contributed by atoms with van der Waals surface area (Å²) in [4.78, 5) is 13.6. The number of esters is 1. The molecule has 5 heteroatoms. The molecule has 1 aliphatic rings. The van der Waals surface area contributed by atoms with Crippen LogP contribution in [0, 0.1) is 0 Å². The Balaban J connectivity index is 1.36. The van der Waals surface area contributed by atoms with Gasteiger partial charge in [0.2, 0.25) is 0 Å². The van der Waals surface area contributed by atoms with E-state index in [1.54, 1.807) is 0 Å². The van der Waals surface area contributed by atoms with Crippen LogP contribution in [-0.4, -0.2) is 43.7 Å². The highest BCUT2D eigenvalue weighted by Crippen LogP contribution is 2.16. The average Bonchev–Trinajstić information content (AvgIpc) is 2.73. The summed E-state index contributed by atoms with van der Waals surface area (Å²) in [5, 5.41) is 3.66. The van der Waals surface area contributed by atoms with Gasteiger partial charge in [-0.25, -0.2) is 4.79 Å². The lowest BCUT2D eigenvalue weighted by Crippen LogP contribution is -2.41. The van der Waals surface area contributed by atoms with E-state index in [9.17, 15) is 4.79 Å². The first-order valence-corrected chi connectivity index (χ1v) is 9.51. The van der Waals surface area contributed by atoms with Crippen molar-refractivity contribution in [2.24, 2.45) is 0 Å². The lowest BCUT2D eigenvalue weighted by molar-refractivity contribution is -0.142. The molecule has 0 spiro atoms. The van der Waals surface area contributed by atoms with Crippen LogP contribution in [0.25, 0.3) is 0 Å². The molecule has 5 nitrogen and oxygen atoms in total. The van der Waals surface area contributed by atoms with Crippen LogP contribution in [0.1, 0.15) is 24.0 Å². The molecule has 1 fully saturated rings. The monoisotopic (exact) mass is 368 g/mol. The number of rotatable bonds is 8. The normalized spacial score (nSPS) is 15.4. The smallest absolute Gasteiger partial charge is 0.343 e. The molecule has 2 aromatic rings. The SMILES string of the molecule is COC(=O)COc1ccc(CNC2CCN(Cc3ccccc3)CC2)cc1. The van der Waals surface area contributed by atoms with E-state index >= 15 is 0 Å². The molecule has 0 radical (unpaired) electrons. The molecule has 27 heavy (non-hydrogen) atoms. The van der Waals surface area contributed by atoms with Crippen LogP contribution in [0.3, 0.4) is 0 Å². The van der Waals surface area contributed by atoms with Gasteiger partial charge in [0.25, 0.3) is 0 Å². The number of methoxy groups -OCH3 is 1. The quantitative estimate of drug-likeness (QED) is 0.726. The van der Waals surface area contributed by atoms with Crippen molar-refractivity contribution >= 4 is 5.97 Å². The molecule has 0 bridgehead atoms. The number of piperidine rings is 1. The Hall–Kier alpha value is -2.37. The van der Waals surface area contributed by atoms with Gasteiger partial charge in [-0.2, -0.15) is 0 Å². The van der Waals surface area contributed by atoms with Crippen molar-refractivity contribution in [1.82, 2.24) is 10.2 Å². The summed E-state index contributed by atoms with van der Waals surface area (Å²) in [6.07, 6.45) is 2.35. The van der Waals surface area contributed by atoms with Gasteiger partial charge in [-0.15, -0.1) is 0 Å². The Morgan fingerprint density at radius 1 is 1.04 bits per heavy atom. The van der Waals surface area contributed by atoms with Crippen molar-refractivity contribution in [3.63, 3.8) is 0 Å². The van der Waals surface area contributed by atoms with Crippen molar-refractivity contribution in [2.75, 3.05) is 26.8 Å². The third-order valence-corrected chi connectivity index (χ3v) is 4.94. The standard InChI is InChI=1S/C22H28N2O3/c1-26-22(25)17-27-21-9-7-18(8-10-21)15-23-20-11-13-24(14-12-20)16-19-5-3-2-4-6-19/h2-10,20,23H,11-17H2,1H3. The number of likely N-dealkylation sites (tertiary alicyclic amines) is 1. The van der Waals surface area contributed by atoms with Gasteiger partial charge in [-0.1, -0.05) is 42.5 Å².